The fraction of sp³-hybridized carbons (Fsp3) is 0.375. The van der Waals surface area contributed by atoms with Crippen LogP contribution in [0.1, 0.15) is 70.3 Å². The van der Waals surface area contributed by atoms with Crippen LogP contribution in [0.15, 0.2) is 28.9 Å². The summed E-state index contributed by atoms with van der Waals surface area (Å²) in [6.07, 6.45) is 1.63. The standard InChI is InChI=1S/C24H27NO6S/c1-6-29-23(27)20-14(5)21(24(28)30-7-2)32-22(20)25-19(26)11-16-12-31-18-9-8-15(13(3)4)10-17(16)18/h8-10,12-13H,6-7,11H2,1-5H3,(H,25,26). The molecule has 7 nitrogen and oxygen atoms in total. The lowest BCUT2D eigenvalue weighted by Gasteiger charge is -2.07. The summed E-state index contributed by atoms with van der Waals surface area (Å²) in [7, 11) is 0. The Balaban J connectivity index is 1.89. The quantitative estimate of drug-likeness (QED) is 0.451. The first-order valence-electron chi connectivity index (χ1n) is 10.5. The van der Waals surface area contributed by atoms with Gasteiger partial charge in [0, 0.05) is 10.9 Å². The second-order valence-corrected chi connectivity index (χ2v) is 8.62. The Bertz CT molecular complexity index is 1160. The van der Waals surface area contributed by atoms with Crippen molar-refractivity contribution >= 4 is 45.2 Å². The first kappa shape index (κ1) is 23.5. The van der Waals surface area contributed by atoms with Crippen molar-refractivity contribution in [1.82, 2.24) is 0 Å². The lowest BCUT2D eigenvalue weighted by atomic mass is 10.00. The molecule has 0 radical (unpaired) electrons. The van der Waals surface area contributed by atoms with Gasteiger partial charge in [-0.25, -0.2) is 9.59 Å². The molecule has 0 bridgehead atoms. The van der Waals surface area contributed by atoms with Crippen LogP contribution in [0.5, 0.6) is 0 Å². The average molecular weight is 458 g/mol. The average Bonchev–Trinajstić information content (AvgIpc) is 3.28. The minimum atomic E-state index is -0.595. The molecular formula is C24H27NO6S. The molecule has 1 aromatic carbocycles. The highest BCUT2D eigenvalue weighted by molar-refractivity contribution is 7.18. The number of carbonyl (C=O) groups excluding carboxylic acids is 3. The van der Waals surface area contributed by atoms with Crippen molar-refractivity contribution in [3.63, 3.8) is 0 Å². The summed E-state index contributed by atoms with van der Waals surface area (Å²) in [4.78, 5) is 38.0. The number of esters is 2. The van der Waals surface area contributed by atoms with Crippen molar-refractivity contribution in [2.75, 3.05) is 18.5 Å². The second-order valence-electron chi connectivity index (χ2n) is 7.60. The van der Waals surface area contributed by atoms with Crippen LogP contribution in [0.2, 0.25) is 0 Å². The highest BCUT2D eigenvalue weighted by Gasteiger charge is 2.27. The highest BCUT2D eigenvalue weighted by Crippen LogP contribution is 2.35. The number of anilines is 1. The van der Waals surface area contributed by atoms with Gasteiger partial charge in [-0.15, -0.1) is 11.3 Å². The Hall–Kier alpha value is -3.13. The molecule has 170 valence electrons. The van der Waals surface area contributed by atoms with Gasteiger partial charge in [-0.2, -0.15) is 0 Å². The summed E-state index contributed by atoms with van der Waals surface area (Å²) < 4.78 is 15.8. The Morgan fingerprint density at radius 3 is 2.44 bits per heavy atom. The number of furan rings is 1. The molecule has 2 aromatic heterocycles. The lowest BCUT2D eigenvalue weighted by molar-refractivity contribution is -0.115. The van der Waals surface area contributed by atoms with Crippen molar-refractivity contribution in [1.29, 1.82) is 0 Å². The van der Waals surface area contributed by atoms with E-state index in [0.717, 1.165) is 27.8 Å². The molecule has 0 fully saturated rings. The second kappa shape index (κ2) is 9.99. The van der Waals surface area contributed by atoms with Gasteiger partial charge in [-0.3, -0.25) is 4.79 Å². The number of carbonyl (C=O) groups is 3. The number of hydrogen-bond acceptors (Lipinski definition) is 7. The first-order valence-corrected chi connectivity index (χ1v) is 11.4. The Morgan fingerprint density at radius 1 is 1.09 bits per heavy atom. The van der Waals surface area contributed by atoms with Crippen molar-refractivity contribution in [2.24, 2.45) is 0 Å². The van der Waals surface area contributed by atoms with E-state index < -0.39 is 11.9 Å². The SMILES string of the molecule is CCOC(=O)c1sc(NC(=O)Cc2coc3ccc(C(C)C)cc23)c(C(=O)OCC)c1C. The normalized spacial score (nSPS) is 11.1. The molecule has 0 saturated carbocycles. The Labute approximate surface area is 190 Å². The fourth-order valence-corrected chi connectivity index (χ4v) is 4.49. The van der Waals surface area contributed by atoms with Crippen LogP contribution in [-0.4, -0.2) is 31.1 Å². The number of hydrogen-bond donors (Lipinski definition) is 1. The maximum Gasteiger partial charge on any atom is 0.348 e. The van der Waals surface area contributed by atoms with Gasteiger partial charge in [0.2, 0.25) is 5.91 Å². The third kappa shape index (κ3) is 4.85. The summed E-state index contributed by atoms with van der Waals surface area (Å²) in [6, 6.07) is 5.95. The van der Waals surface area contributed by atoms with Gasteiger partial charge in [0.1, 0.15) is 15.5 Å². The monoisotopic (exact) mass is 457 g/mol. The zero-order valence-electron chi connectivity index (χ0n) is 18.9. The number of rotatable bonds is 8. The number of amides is 1. The number of benzene rings is 1. The van der Waals surface area contributed by atoms with Crippen LogP contribution >= 0.6 is 11.3 Å². The van der Waals surface area contributed by atoms with Crippen molar-refractivity contribution in [3.8, 4) is 0 Å². The molecule has 2 heterocycles. The largest absolute Gasteiger partial charge is 0.464 e. The zero-order chi connectivity index (χ0) is 23.4. The molecule has 0 spiro atoms. The van der Waals surface area contributed by atoms with E-state index in [1.54, 1.807) is 27.0 Å². The molecule has 0 aliphatic carbocycles. The molecule has 0 aliphatic heterocycles. The molecule has 1 N–H and O–H groups in total. The summed E-state index contributed by atoms with van der Waals surface area (Å²) in [5, 5.41) is 3.93. The number of thiophene rings is 1. The van der Waals surface area contributed by atoms with E-state index in [-0.39, 0.29) is 41.0 Å². The van der Waals surface area contributed by atoms with Crippen LogP contribution in [0.3, 0.4) is 0 Å². The summed E-state index contributed by atoms with van der Waals surface area (Å²) in [6.45, 7) is 9.63. The van der Waals surface area contributed by atoms with Crippen LogP contribution in [0.4, 0.5) is 5.00 Å². The molecular weight excluding hydrogens is 430 g/mol. The molecule has 0 unspecified atom stereocenters. The van der Waals surface area contributed by atoms with Crippen molar-refractivity contribution < 1.29 is 28.3 Å². The third-order valence-electron chi connectivity index (χ3n) is 5.04. The maximum atomic E-state index is 12.9. The predicted octanol–water partition coefficient (Wildman–Crippen LogP) is 5.46. The number of fused-ring (bicyclic) bond motifs is 1. The van der Waals surface area contributed by atoms with Gasteiger partial charge in [0.05, 0.1) is 31.5 Å². The van der Waals surface area contributed by atoms with Gasteiger partial charge in [-0.05, 0) is 49.9 Å². The van der Waals surface area contributed by atoms with E-state index >= 15 is 0 Å². The van der Waals surface area contributed by atoms with Gasteiger partial charge in [-0.1, -0.05) is 19.9 Å². The van der Waals surface area contributed by atoms with E-state index in [0.29, 0.717) is 17.1 Å². The molecule has 1 amide bonds. The molecule has 3 rings (SSSR count). The van der Waals surface area contributed by atoms with Crippen molar-refractivity contribution in [2.45, 2.75) is 47.0 Å². The van der Waals surface area contributed by atoms with Crippen LogP contribution < -0.4 is 5.32 Å². The van der Waals surface area contributed by atoms with Gasteiger partial charge < -0.3 is 19.2 Å². The highest BCUT2D eigenvalue weighted by atomic mass is 32.1. The maximum absolute atomic E-state index is 12.9. The molecule has 32 heavy (non-hydrogen) atoms. The van der Waals surface area contributed by atoms with Crippen LogP contribution in [0.25, 0.3) is 11.0 Å². The zero-order valence-corrected chi connectivity index (χ0v) is 19.7. The molecule has 0 saturated heterocycles. The van der Waals surface area contributed by atoms with E-state index in [4.69, 9.17) is 13.9 Å². The summed E-state index contributed by atoms with van der Waals surface area (Å²) in [5.41, 5.74) is 3.21. The summed E-state index contributed by atoms with van der Waals surface area (Å²) in [5.74, 6) is -1.12. The minimum absolute atomic E-state index is 0.0580. The van der Waals surface area contributed by atoms with E-state index in [2.05, 4.69) is 19.2 Å². The molecule has 0 atom stereocenters. The van der Waals surface area contributed by atoms with Gasteiger partial charge in [0.15, 0.2) is 0 Å². The smallest absolute Gasteiger partial charge is 0.348 e. The van der Waals surface area contributed by atoms with Gasteiger partial charge >= 0.3 is 11.9 Å². The Kier molecular flexibility index (Phi) is 7.35. The summed E-state index contributed by atoms with van der Waals surface area (Å²) >= 11 is 1.01. The third-order valence-corrected chi connectivity index (χ3v) is 6.22. The van der Waals surface area contributed by atoms with Crippen LogP contribution in [0, 0.1) is 6.92 Å². The first-order chi connectivity index (χ1) is 15.3. The lowest BCUT2D eigenvalue weighted by Crippen LogP contribution is -2.16. The predicted molar refractivity (Wildman–Crippen MR) is 124 cm³/mol. The number of ether oxygens (including phenoxy) is 2. The minimum Gasteiger partial charge on any atom is -0.464 e. The molecule has 3 aromatic rings. The Morgan fingerprint density at radius 2 is 1.78 bits per heavy atom. The van der Waals surface area contributed by atoms with E-state index in [1.165, 1.54) is 0 Å². The van der Waals surface area contributed by atoms with Crippen molar-refractivity contribution in [3.05, 3.63) is 51.6 Å². The fourth-order valence-electron chi connectivity index (χ4n) is 3.38. The molecule has 0 aliphatic rings. The van der Waals surface area contributed by atoms with Gasteiger partial charge in [0.25, 0.3) is 0 Å². The topological polar surface area (TPSA) is 94.8 Å². The molecule has 8 heteroatoms. The number of nitrogens with one attached hydrogen (secondary N) is 1. The van der Waals surface area contributed by atoms with Crippen LogP contribution in [-0.2, 0) is 20.7 Å². The van der Waals surface area contributed by atoms with E-state index in [9.17, 15) is 14.4 Å². The van der Waals surface area contributed by atoms with E-state index in [1.807, 2.05) is 18.2 Å².